The number of likely N-dealkylation sites (tertiary alicyclic amines) is 1. The summed E-state index contributed by atoms with van der Waals surface area (Å²) in [7, 11) is 0. The molecule has 0 bridgehead atoms. The lowest BCUT2D eigenvalue weighted by atomic mass is 10.0. The van der Waals surface area contributed by atoms with Gasteiger partial charge >= 0.3 is 0 Å². The van der Waals surface area contributed by atoms with Crippen LogP contribution in [0.4, 0.5) is 0 Å². The average molecular weight is 349 g/mol. The van der Waals surface area contributed by atoms with E-state index in [4.69, 9.17) is 4.52 Å². The zero-order chi connectivity index (χ0) is 18.1. The van der Waals surface area contributed by atoms with Crippen LogP contribution in [-0.4, -0.2) is 37.7 Å². The van der Waals surface area contributed by atoms with Gasteiger partial charge in [-0.2, -0.15) is 5.10 Å². The van der Waals surface area contributed by atoms with Gasteiger partial charge in [-0.05, 0) is 44.9 Å². The monoisotopic (exact) mass is 349 g/mol. The minimum atomic E-state index is -0.0998. The van der Waals surface area contributed by atoms with Crippen molar-refractivity contribution in [3.8, 4) is 11.1 Å². The molecule has 1 fully saturated rings. The zero-order valence-corrected chi connectivity index (χ0v) is 14.7. The fraction of sp³-hybridized carbons (Fsp3) is 0.316. The largest absolute Gasteiger partial charge is 0.361 e. The first-order valence-electron chi connectivity index (χ1n) is 8.63. The maximum atomic E-state index is 12.7. The van der Waals surface area contributed by atoms with Crippen molar-refractivity contribution in [2.45, 2.75) is 32.7 Å². The summed E-state index contributed by atoms with van der Waals surface area (Å²) in [6.45, 7) is 4.51. The summed E-state index contributed by atoms with van der Waals surface area (Å²) in [4.78, 5) is 19.2. The molecule has 3 aromatic heterocycles. The summed E-state index contributed by atoms with van der Waals surface area (Å²) in [6, 6.07) is 7.37. The van der Waals surface area contributed by atoms with Crippen molar-refractivity contribution >= 4 is 5.91 Å². The first-order chi connectivity index (χ1) is 12.6. The molecule has 3 aromatic rings. The lowest BCUT2D eigenvalue weighted by Crippen LogP contribution is -2.31. The Morgan fingerprint density at radius 1 is 1.27 bits per heavy atom. The van der Waals surface area contributed by atoms with Crippen molar-refractivity contribution in [3.05, 3.63) is 59.5 Å². The number of hydrogen-bond acceptors (Lipinski definition) is 6. The molecule has 26 heavy (non-hydrogen) atoms. The number of pyridine rings is 1. The second-order valence-corrected chi connectivity index (χ2v) is 6.44. The van der Waals surface area contributed by atoms with Gasteiger partial charge in [0.1, 0.15) is 5.76 Å². The summed E-state index contributed by atoms with van der Waals surface area (Å²) in [5, 5.41) is 11.7. The highest BCUT2D eigenvalue weighted by Gasteiger charge is 2.32. The van der Waals surface area contributed by atoms with Crippen molar-refractivity contribution in [1.82, 2.24) is 25.2 Å². The summed E-state index contributed by atoms with van der Waals surface area (Å²) in [5.41, 5.74) is 4.04. The maximum Gasteiger partial charge on any atom is 0.274 e. The van der Waals surface area contributed by atoms with Crippen LogP contribution in [0.25, 0.3) is 11.1 Å². The minimum Gasteiger partial charge on any atom is -0.361 e. The van der Waals surface area contributed by atoms with Crippen molar-refractivity contribution in [1.29, 1.82) is 0 Å². The van der Waals surface area contributed by atoms with Gasteiger partial charge in [0.05, 0.1) is 17.4 Å². The molecule has 1 aliphatic rings. The lowest BCUT2D eigenvalue weighted by Gasteiger charge is -2.23. The number of aryl methyl sites for hydroxylation is 2. The van der Waals surface area contributed by atoms with Crippen molar-refractivity contribution in [3.63, 3.8) is 0 Å². The van der Waals surface area contributed by atoms with Crippen LogP contribution in [0.15, 0.2) is 41.2 Å². The van der Waals surface area contributed by atoms with E-state index in [1.807, 2.05) is 37.1 Å². The van der Waals surface area contributed by atoms with E-state index in [2.05, 4.69) is 20.3 Å². The van der Waals surface area contributed by atoms with Gasteiger partial charge in [0.2, 0.25) is 0 Å². The Morgan fingerprint density at radius 3 is 2.81 bits per heavy atom. The molecule has 1 amide bonds. The molecule has 0 radical (unpaired) electrons. The van der Waals surface area contributed by atoms with Gasteiger partial charge in [0.15, 0.2) is 5.69 Å². The Bertz CT molecular complexity index is 901. The van der Waals surface area contributed by atoms with Gasteiger partial charge in [0, 0.05) is 30.1 Å². The first kappa shape index (κ1) is 16.4. The van der Waals surface area contributed by atoms with E-state index in [1.54, 1.807) is 18.3 Å². The van der Waals surface area contributed by atoms with Gasteiger partial charge in [0.25, 0.3) is 5.91 Å². The molecule has 0 saturated carbocycles. The van der Waals surface area contributed by atoms with Gasteiger partial charge in [-0.3, -0.25) is 9.78 Å². The average Bonchev–Trinajstić information content (AvgIpc) is 3.29. The molecule has 1 saturated heterocycles. The molecule has 1 atom stereocenters. The van der Waals surface area contributed by atoms with Gasteiger partial charge in [-0.25, -0.2) is 0 Å². The number of hydrogen-bond donors (Lipinski definition) is 0. The number of aromatic nitrogens is 4. The predicted octanol–water partition coefficient (Wildman–Crippen LogP) is 3.12. The highest BCUT2D eigenvalue weighted by molar-refractivity contribution is 5.92. The topological polar surface area (TPSA) is 85.0 Å². The van der Waals surface area contributed by atoms with E-state index in [0.29, 0.717) is 12.2 Å². The fourth-order valence-electron chi connectivity index (χ4n) is 3.53. The van der Waals surface area contributed by atoms with Crippen LogP contribution in [0, 0.1) is 13.8 Å². The molecular formula is C19H19N5O2. The molecule has 0 aromatic carbocycles. The van der Waals surface area contributed by atoms with E-state index < -0.39 is 0 Å². The van der Waals surface area contributed by atoms with E-state index >= 15 is 0 Å². The fourth-order valence-corrected chi connectivity index (χ4v) is 3.53. The predicted molar refractivity (Wildman–Crippen MR) is 94.3 cm³/mol. The molecule has 132 valence electrons. The highest BCUT2D eigenvalue weighted by atomic mass is 16.5. The Labute approximate surface area is 151 Å². The van der Waals surface area contributed by atoms with Crippen molar-refractivity contribution < 1.29 is 9.32 Å². The number of nitrogens with zero attached hydrogens (tertiary/aromatic N) is 5. The van der Waals surface area contributed by atoms with Crippen LogP contribution >= 0.6 is 0 Å². The van der Waals surface area contributed by atoms with E-state index in [1.165, 1.54) is 0 Å². The standard InChI is InChI=1S/C19H19N5O2/c1-12-18(13(2)26-23-12)14-7-8-15(20-11-14)17-6-4-10-24(17)19(25)16-5-3-9-21-22-16/h3,5,7-9,11,17H,4,6,10H2,1-2H3/t17-/m1/s1. The highest BCUT2D eigenvalue weighted by Crippen LogP contribution is 2.33. The second kappa shape index (κ2) is 6.67. The summed E-state index contributed by atoms with van der Waals surface area (Å²) < 4.78 is 5.23. The van der Waals surface area contributed by atoms with Crippen molar-refractivity contribution in [2.24, 2.45) is 0 Å². The van der Waals surface area contributed by atoms with Crippen LogP contribution in [0.1, 0.15) is 46.5 Å². The SMILES string of the molecule is Cc1noc(C)c1-c1ccc([C@H]2CCCN2C(=O)c2cccnn2)nc1. The smallest absolute Gasteiger partial charge is 0.274 e. The lowest BCUT2D eigenvalue weighted by molar-refractivity contribution is 0.0725. The molecule has 0 aliphatic carbocycles. The number of amides is 1. The van der Waals surface area contributed by atoms with E-state index in [9.17, 15) is 4.79 Å². The Balaban J connectivity index is 1.60. The summed E-state index contributed by atoms with van der Waals surface area (Å²) >= 11 is 0. The molecular weight excluding hydrogens is 330 g/mol. The molecule has 0 N–H and O–H groups in total. The molecule has 1 aliphatic heterocycles. The summed E-state index contributed by atoms with van der Waals surface area (Å²) in [5.74, 6) is 0.676. The van der Waals surface area contributed by atoms with Gasteiger partial charge < -0.3 is 9.42 Å². The number of rotatable bonds is 3. The number of carbonyl (C=O) groups is 1. The Morgan fingerprint density at radius 2 is 2.15 bits per heavy atom. The van der Waals surface area contributed by atoms with Gasteiger partial charge in [-0.1, -0.05) is 11.2 Å². The minimum absolute atomic E-state index is 0.0387. The van der Waals surface area contributed by atoms with Crippen LogP contribution in [0.5, 0.6) is 0 Å². The van der Waals surface area contributed by atoms with Crippen LogP contribution in [0.3, 0.4) is 0 Å². The van der Waals surface area contributed by atoms with Gasteiger partial charge in [-0.15, -0.1) is 5.10 Å². The third kappa shape index (κ3) is 2.85. The Kier molecular flexibility index (Phi) is 4.20. The molecule has 0 spiro atoms. The van der Waals surface area contributed by atoms with Crippen LogP contribution in [-0.2, 0) is 0 Å². The zero-order valence-electron chi connectivity index (χ0n) is 14.7. The number of carbonyl (C=O) groups excluding carboxylic acids is 1. The summed E-state index contributed by atoms with van der Waals surface area (Å²) in [6.07, 6.45) is 5.23. The first-order valence-corrected chi connectivity index (χ1v) is 8.63. The van der Waals surface area contributed by atoms with E-state index in [0.717, 1.165) is 41.1 Å². The maximum absolute atomic E-state index is 12.7. The molecule has 7 heteroatoms. The second-order valence-electron chi connectivity index (χ2n) is 6.44. The van der Waals surface area contributed by atoms with Crippen LogP contribution < -0.4 is 0 Å². The van der Waals surface area contributed by atoms with E-state index in [-0.39, 0.29) is 11.9 Å². The molecule has 4 heterocycles. The Hall–Kier alpha value is -3.09. The third-order valence-corrected chi connectivity index (χ3v) is 4.75. The molecule has 4 rings (SSSR count). The normalized spacial score (nSPS) is 16.8. The van der Waals surface area contributed by atoms with Crippen LogP contribution in [0.2, 0.25) is 0 Å². The van der Waals surface area contributed by atoms with Crippen molar-refractivity contribution in [2.75, 3.05) is 6.54 Å². The third-order valence-electron chi connectivity index (χ3n) is 4.75. The molecule has 7 nitrogen and oxygen atoms in total. The quantitative estimate of drug-likeness (QED) is 0.722. The molecule has 0 unspecified atom stereocenters.